The summed E-state index contributed by atoms with van der Waals surface area (Å²) in [6, 6.07) is 0. The van der Waals surface area contributed by atoms with Gasteiger partial charge in [0.2, 0.25) is 0 Å². The van der Waals surface area contributed by atoms with Gasteiger partial charge in [-0.3, -0.25) is 4.79 Å². The lowest BCUT2D eigenvalue weighted by atomic mass is 10.2. The lowest BCUT2D eigenvalue weighted by Crippen LogP contribution is -2.13. The van der Waals surface area contributed by atoms with E-state index in [1.165, 1.54) is 0 Å². The van der Waals surface area contributed by atoms with Crippen molar-refractivity contribution in [1.29, 1.82) is 0 Å². The van der Waals surface area contributed by atoms with Gasteiger partial charge in [-0.05, 0) is 6.42 Å². The summed E-state index contributed by atoms with van der Waals surface area (Å²) in [7, 11) is 0. The number of hydrogen-bond donors (Lipinski definition) is 0. The van der Waals surface area contributed by atoms with Gasteiger partial charge in [-0.25, -0.2) is 0 Å². The number of allylic oxidation sites excluding steroid dienone is 2. The van der Waals surface area contributed by atoms with Crippen molar-refractivity contribution < 1.29 is 9.53 Å². The van der Waals surface area contributed by atoms with E-state index in [9.17, 15) is 4.79 Å². The minimum absolute atomic E-state index is 0.189. The van der Waals surface area contributed by atoms with Gasteiger partial charge in [0.15, 0.2) is 0 Å². The van der Waals surface area contributed by atoms with Gasteiger partial charge in [0.25, 0.3) is 0 Å². The van der Waals surface area contributed by atoms with Crippen molar-refractivity contribution in [3.05, 3.63) is 24.3 Å². The zero-order valence-electron chi connectivity index (χ0n) is 7.40. The van der Waals surface area contributed by atoms with Gasteiger partial charge in [0.05, 0.1) is 12.5 Å². The number of terminal acetylenes is 1. The summed E-state index contributed by atoms with van der Waals surface area (Å²) in [6.07, 6.45) is 13.7. The molecule has 0 bridgehead atoms. The summed E-state index contributed by atoms with van der Waals surface area (Å²) in [4.78, 5) is 11.2. The van der Waals surface area contributed by atoms with Gasteiger partial charge in [-0.15, -0.1) is 12.3 Å². The van der Waals surface area contributed by atoms with Gasteiger partial charge >= 0.3 is 5.97 Å². The van der Waals surface area contributed by atoms with Crippen LogP contribution in [-0.2, 0) is 9.53 Å². The summed E-state index contributed by atoms with van der Waals surface area (Å²) in [6.45, 7) is 0.418. The number of rotatable bonds is 4. The van der Waals surface area contributed by atoms with Gasteiger partial charge in [-0.1, -0.05) is 24.3 Å². The molecule has 1 aliphatic rings. The first kappa shape index (κ1) is 9.60. The van der Waals surface area contributed by atoms with E-state index in [0.717, 1.165) is 6.42 Å². The Morgan fingerprint density at radius 3 is 2.77 bits per heavy atom. The molecular weight excluding hydrogens is 164 g/mol. The average molecular weight is 176 g/mol. The van der Waals surface area contributed by atoms with Crippen LogP contribution >= 0.6 is 0 Å². The second-order valence-electron chi connectivity index (χ2n) is 2.77. The molecule has 0 amide bonds. The SMILES string of the molecule is C#CCCCOC(=O)C1C=CC=C1. The molecule has 1 aliphatic carbocycles. The van der Waals surface area contributed by atoms with E-state index < -0.39 is 0 Å². The predicted molar refractivity (Wildman–Crippen MR) is 50.8 cm³/mol. The average Bonchev–Trinajstić information content (AvgIpc) is 2.65. The summed E-state index contributed by atoms with van der Waals surface area (Å²) in [5, 5.41) is 0. The number of carbonyl (C=O) groups is 1. The van der Waals surface area contributed by atoms with E-state index in [2.05, 4.69) is 5.92 Å². The van der Waals surface area contributed by atoms with E-state index >= 15 is 0 Å². The monoisotopic (exact) mass is 176 g/mol. The first-order valence-corrected chi connectivity index (χ1v) is 4.29. The molecule has 0 aromatic carbocycles. The fraction of sp³-hybridized carbons (Fsp3) is 0.364. The Hall–Kier alpha value is -1.49. The minimum Gasteiger partial charge on any atom is -0.465 e. The Bertz CT molecular complexity index is 256. The summed E-state index contributed by atoms with van der Waals surface area (Å²) in [5.74, 6) is 2.11. The van der Waals surface area contributed by atoms with E-state index in [1.54, 1.807) is 0 Å². The van der Waals surface area contributed by atoms with Crippen molar-refractivity contribution in [2.45, 2.75) is 12.8 Å². The van der Waals surface area contributed by atoms with Crippen LogP contribution in [0, 0.1) is 18.3 Å². The van der Waals surface area contributed by atoms with Crippen molar-refractivity contribution in [2.75, 3.05) is 6.61 Å². The number of esters is 1. The molecule has 0 saturated heterocycles. The Kier molecular flexibility index (Phi) is 3.84. The van der Waals surface area contributed by atoms with Gasteiger partial charge < -0.3 is 4.74 Å². The molecule has 0 atom stereocenters. The maximum Gasteiger partial charge on any atom is 0.316 e. The van der Waals surface area contributed by atoms with Crippen LogP contribution in [0.3, 0.4) is 0 Å². The quantitative estimate of drug-likeness (QED) is 0.370. The van der Waals surface area contributed by atoms with Crippen molar-refractivity contribution >= 4 is 5.97 Å². The lowest BCUT2D eigenvalue weighted by Gasteiger charge is -2.05. The van der Waals surface area contributed by atoms with Crippen LogP contribution in [0.15, 0.2) is 24.3 Å². The van der Waals surface area contributed by atoms with Crippen LogP contribution < -0.4 is 0 Å². The van der Waals surface area contributed by atoms with Crippen LogP contribution in [0.25, 0.3) is 0 Å². The Morgan fingerprint density at radius 2 is 2.15 bits per heavy atom. The first-order chi connectivity index (χ1) is 6.34. The molecule has 0 heterocycles. The van der Waals surface area contributed by atoms with E-state index in [4.69, 9.17) is 11.2 Å². The molecule has 68 valence electrons. The summed E-state index contributed by atoms with van der Waals surface area (Å²) >= 11 is 0. The normalized spacial score (nSPS) is 14.4. The van der Waals surface area contributed by atoms with Crippen LogP contribution in [0.5, 0.6) is 0 Å². The van der Waals surface area contributed by atoms with E-state index in [-0.39, 0.29) is 11.9 Å². The van der Waals surface area contributed by atoms with Gasteiger partial charge in [0.1, 0.15) is 0 Å². The highest BCUT2D eigenvalue weighted by Crippen LogP contribution is 2.10. The highest BCUT2D eigenvalue weighted by atomic mass is 16.5. The molecular formula is C11H12O2. The minimum atomic E-state index is -0.193. The van der Waals surface area contributed by atoms with Gasteiger partial charge in [0, 0.05) is 6.42 Å². The zero-order valence-corrected chi connectivity index (χ0v) is 7.40. The maximum atomic E-state index is 11.2. The summed E-state index contributed by atoms with van der Waals surface area (Å²) < 4.78 is 4.99. The molecule has 0 N–H and O–H groups in total. The van der Waals surface area contributed by atoms with Crippen LogP contribution in [-0.4, -0.2) is 12.6 Å². The second kappa shape index (κ2) is 5.21. The van der Waals surface area contributed by atoms with E-state index in [0.29, 0.717) is 13.0 Å². The van der Waals surface area contributed by atoms with Crippen molar-refractivity contribution in [3.63, 3.8) is 0 Å². The predicted octanol–water partition coefficient (Wildman–Crippen LogP) is 1.69. The molecule has 0 unspecified atom stereocenters. The lowest BCUT2D eigenvalue weighted by molar-refractivity contribution is -0.145. The standard InChI is InChI=1S/C11H12O2/c1-2-3-6-9-13-11(12)10-7-4-5-8-10/h1,4-5,7-8,10H,3,6,9H2. The van der Waals surface area contributed by atoms with Crippen LogP contribution in [0.1, 0.15) is 12.8 Å². The highest BCUT2D eigenvalue weighted by Gasteiger charge is 2.14. The molecule has 0 aromatic heterocycles. The third-order valence-corrected chi connectivity index (χ3v) is 1.73. The molecule has 0 radical (unpaired) electrons. The maximum absolute atomic E-state index is 11.2. The van der Waals surface area contributed by atoms with Crippen LogP contribution in [0.2, 0.25) is 0 Å². The fourth-order valence-corrected chi connectivity index (χ4v) is 1.03. The molecule has 1 rings (SSSR count). The Balaban J connectivity index is 2.15. The van der Waals surface area contributed by atoms with Gasteiger partial charge in [-0.2, -0.15) is 0 Å². The molecule has 0 fully saturated rings. The number of ether oxygens (including phenoxy) is 1. The fourth-order valence-electron chi connectivity index (χ4n) is 1.03. The molecule has 0 aromatic rings. The first-order valence-electron chi connectivity index (χ1n) is 4.29. The number of carbonyl (C=O) groups excluding carboxylic acids is 1. The second-order valence-corrected chi connectivity index (χ2v) is 2.77. The smallest absolute Gasteiger partial charge is 0.316 e. The molecule has 0 aliphatic heterocycles. The number of unbranched alkanes of at least 4 members (excludes halogenated alkanes) is 1. The largest absolute Gasteiger partial charge is 0.465 e. The molecule has 2 heteroatoms. The Labute approximate surface area is 78.3 Å². The van der Waals surface area contributed by atoms with Crippen molar-refractivity contribution in [1.82, 2.24) is 0 Å². The van der Waals surface area contributed by atoms with Crippen LogP contribution in [0.4, 0.5) is 0 Å². The Morgan fingerprint density at radius 1 is 1.46 bits per heavy atom. The molecule has 0 saturated carbocycles. The zero-order chi connectivity index (χ0) is 9.52. The summed E-state index contributed by atoms with van der Waals surface area (Å²) in [5.41, 5.74) is 0. The molecule has 13 heavy (non-hydrogen) atoms. The van der Waals surface area contributed by atoms with E-state index in [1.807, 2.05) is 24.3 Å². The molecule has 2 nitrogen and oxygen atoms in total. The number of hydrogen-bond acceptors (Lipinski definition) is 2. The molecule has 0 spiro atoms. The van der Waals surface area contributed by atoms with Crippen molar-refractivity contribution in [3.8, 4) is 12.3 Å². The third kappa shape index (κ3) is 3.16. The highest BCUT2D eigenvalue weighted by molar-refractivity contribution is 5.77. The third-order valence-electron chi connectivity index (χ3n) is 1.73. The topological polar surface area (TPSA) is 26.3 Å². The van der Waals surface area contributed by atoms with Crippen molar-refractivity contribution in [2.24, 2.45) is 5.92 Å².